The molecule has 0 bridgehead atoms. The normalized spacial score (nSPS) is 12.1. The molecule has 6 nitrogen and oxygen atoms in total. The van der Waals surface area contributed by atoms with Gasteiger partial charge in [0.25, 0.3) is 5.91 Å². The molecule has 2 aromatic heterocycles. The third-order valence-corrected chi connectivity index (χ3v) is 5.01. The van der Waals surface area contributed by atoms with Crippen molar-refractivity contribution in [1.29, 1.82) is 0 Å². The van der Waals surface area contributed by atoms with Gasteiger partial charge in [0, 0.05) is 17.0 Å². The molecule has 0 radical (unpaired) electrons. The molecule has 1 aromatic carbocycles. The molecule has 3 aromatic rings. The zero-order valence-corrected chi connectivity index (χ0v) is 16.2. The number of hydrogen-bond acceptors (Lipinski definition) is 6. The average Bonchev–Trinajstić information content (AvgIpc) is 3.15. The van der Waals surface area contributed by atoms with Gasteiger partial charge in [-0.2, -0.15) is 0 Å². The molecule has 3 rings (SSSR count). The summed E-state index contributed by atoms with van der Waals surface area (Å²) in [4.78, 5) is 33.3. The number of rotatable bonds is 6. The molecule has 0 spiro atoms. The van der Waals surface area contributed by atoms with Crippen LogP contribution in [0.2, 0.25) is 0 Å². The lowest BCUT2D eigenvalue weighted by Crippen LogP contribution is -2.31. The number of pyridine rings is 1. The van der Waals surface area contributed by atoms with Crippen LogP contribution >= 0.6 is 11.3 Å². The second kappa shape index (κ2) is 8.26. The van der Waals surface area contributed by atoms with Crippen molar-refractivity contribution in [3.63, 3.8) is 0 Å². The maximum atomic E-state index is 12.8. The number of nitrogens with zero attached hydrogens (tertiary/aromatic N) is 2. The van der Waals surface area contributed by atoms with Gasteiger partial charge in [-0.15, -0.1) is 11.3 Å². The number of hydrogen-bond donors (Lipinski definition) is 1. The van der Waals surface area contributed by atoms with Crippen LogP contribution in [0.5, 0.6) is 0 Å². The summed E-state index contributed by atoms with van der Waals surface area (Å²) in [6.07, 6.45) is 1.57. The van der Waals surface area contributed by atoms with Gasteiger partial charge in [-0.3, -0.25) is 9.78 Å². The van der Waals surface area contributed by atoms with Crippen LogP contribution in [0.15, 0.2) is 41.9 Å². The number of carbonyl (C=O) groups is 2. The minimum absolute atomic E-state index is 0.101. The van der Waals surface area contributed by atoms with E-state index in [1.807, 2.05) is 44.2 Å². The third-order valence-electron chi connectivity index (χ3n) is 4.08. The van der Waals surface area contributed by atoms with E-state index in [2.05, 4.69) is 15.3 Å². The van der Waals surface area contributed by atoms with Gasteiger partial charge in [0.15, 0.2) is 5.69 Å². The van der Waals surface area contributed by atoms with E-state index >= 15 is 0 Å². The average molecular weight is 383 g/mol. The predicted octanol–water partition coefficient (Wildman–Crippen LogP) is 4.00. The molecule has 140 valence electrons. The van der Waals surface area contributed by atoms with Crippen molar-refractivity contribution < 1.29 is 14.3 Å². The fourth-order valence-corrected chi connectivity index (χ4v) is 3.67. The van der Waals surface area contributed by atoms with E-state index in [1.54, 1.807) is 18.5 Å². The first-order valence-electron chi connectivity index (χ1n) is 8.77. The van der Waals surface area contributed by atoms with Crippen LogP contribution in [-0.2, 0) is 4.74 Å². The van der Waals surface area contributed by atoms with E-state index in [0.29, 0.717) is 17.2 Å². The van der Waals surface area contributed by atoms with Crippen molar-refractivity contribution >= 4 is 34.1 Å². The summed E-state index contributed by atoms with van der Waals surface area (Å²) in [6, 6.07) is 9.16. The van der Waals surface area contributed by atoms with Gasteiger partial charge in [0.1, 0.15) is 5.01 Å². The van der Waals surface area contributed by atoms with Gasteiger partial charge in [-0.1, -0.05) is 32.0 Å². The smallest absolute Gasteiger partial charge is 0.357 e. The van der Waals surface area contributed by atoms with Crippen molar-refractivity contribution in [3.05, 3.63) is 58.2 Å². The Morgan fingerprint density at radius 2 is 2.04 bits per heavy atom. The maximum Gasteiger partial charge on any atom is 0.357 e. The van der Waals surface area contributed by atoms with Gasteiger partial charge < -0.3 is 10.1 Å². The Balaban J connectivity index is 1.81. The molecule has 0 saturated heterocycles. The lowest BCUT2D eigenvalue weighted by Gasteiger charge is -2.20. The van der Waals surface area contributed by atoms with Gasteiger partial charge in [-0.05, 0) is 25.0 Å². The first-order chi connectivity index (χ1) is 13.0. The number of thiazole rings is 1. The van der Waals surface area contributed by atoms with Crippen molar-refractivity contribution in [2.24, 2.45) is 5.92 Å². The van der Waals surface area contributed by atoms with E-state index < -0.39 is 5.97 Å². The van der Waals surface area contributed by atoms with E-state index in [0.717, 1.165) is 10.9 Å². The molecule has 7 heteroatoms. The first-order valence-corrected chi connectivity index (χ1v) is 9.65. The van der Waals surface area contributed by atoms with E-state index in [9.17, 15) is 9.59 Å². The molecule has 0 aliphatic carbocycles. The molecule has 2 heterocycles. The van der Waals surface area contributed by atoms with Gasteiger partial charge in [0.2, 0.25) is 0 Å². The molecule has 1 amide bonds. The predicted molar refractivity (Wildman–Crippen MR) is 105 cm³/mol. The highest BCUT2D eigenvalue weighted by Gasteiger charge is 2.24. The minimum Gasteiger partial charge on any atom is -0.461 e. The number of aromatic nitrogens is 2. The Labute approximate surface area is 161 Å². The zero-order chi connectivity index (χ0) is 19.4. The first kappa shape index (κ1) is 19.0. The van der Waals surface area contributed by atoms with Crippen LogP contribution in [0, 0.1) is 5.92 Å². The summed E-state index contributed by atoms with van der Waals surface area (Å²) in [7, 11) is 0. The number of fused-ring (bicyclic) bond motifs is 1. The van der Waals surface area contributed by atoms with Crippen molar-refractivity contribution in [2.45, 2.75) is 26.8 Å². The topological polar surface area (TPSA) is 81.2 Å². The lowest BCUT2D eigenvalue weighted by atomic mass is 10.0. The second-order valence-corrected chi connectivity index (χ2v) is 7.29. The molecule has 27 heavy (non-hydrogen) atoms. The summed E-state index contributed by atoms with van der Waals surface area (Å²) < 4.78 is 4.98. The largest absolute Gasteiger partial charge is 0.461 e. The Morgan fingerprint density at radius 3 is 2.78 bits per heavy atom. The van der Waals surface area contributed by atoms with Gasteiger partial charge in [-0.25, -0.2) is 9.78 Å². The lowest BCUT2D eigenvalue weighted by molar-refractivity contribution is 0.0520. The summed E-state index contributed by atoms with van der Waals surface area (Å²) in [5, 5.41) is 6.26. The Kier molecular flexibility index (Phi) is 5.81. The van der Waals surface area contributed by atoms with Gasteiger partial charge in [0.05, 0.1) is 23.7 Å². The number of ether oxygens (including phenoxy) is 1. The number of esters is 1. The standard InChI is InChI=1S/C20H21N3O3S/c1-4-26-20(25)16-11-27-19(22-16)17(12(2)3)23-18(24)14-9-13-7-5-6-8-15(13)21-10-14/h5-12,17H,4H2,1-3H3,(H,23,24)/t17-/m0/s1. The number of nitrogens with one attached hydrogen (secondary N) is 1. The fraction of sp³-hybridized carbons (Fsp3) is 0.300. The monoisotopic (exact) mass is 383 g/mol. The Hall–Kier alpha value is -2.80. The highest BCUT2D eigenvalue weighted by molar-refractivity contribution is 7.09. The molecule has 0 fully saturated rings. The quantitative estimate of drug-likeness (QED) is 0.651. The van der Waals surface area contributed by atoms with Crippen molar-refractivity contribution in [2.75, 3.05) is 6.61 Å². The summed E-state index contributed by atoms with van der Waals surface area (Å²) >= 11 is 1.34. The summed E-state index contributed by atoms with van der Waals surface area (Å²) in [5.74, 6) is -0.573. The van der Waals surface area contributed by atoms with Crippen LogP contribution in [-0.4, -0.2) is 28.5 Å². The van der Waals surface area contributed by atoms with E-state index in [1.165, 1.54) is 11.3 Å². The van der Waals surface area contributed by atoms with Crippen LogP contribution in [0.4, 0.5) is 0 Å². The van der Waals surface area contributed by atoms with Crippen LogP contribution in [0.1, 0.15) is 52.7 Å². The van der Waals surface area contributed by atoms with E-state index in [-0.39, 0.29) is 23.6 Å². The molecular formula is C20H21N3O3S. The zero-order valence-electron chi connectivity index (χ0n) is 15.4. The van der Waals surface area contributed by atoms with Crippen molar-refractivity contribution in [3.8, 4) is 0 Å². The Bertz CT molecular complexity index is 968. The number of carbonyl (C=O) groups excluding carboxylic acids is 2. The van der Waals surface area contributed by atoms with Crippen LogP contribution in [0.25, 0.3) is 10.9 Å². The van der Waals surface area contributed by atoms with E-state index in [4.69, 9.17) is 4.74 Å². The third kappa shape index (κ3) is 4.31. The molecule has 1 atom stereocenters. The van der Waals surface area contributed by atoms with Crippen LogP contribution < -0.4 is 5.32 Å². The second-order valence-electron chi connectivity index (χ2n) is 6.40. The highest BCUT2D eigenvalue weighted by atomic mass is 32.1. The minimum atomic E-state index is -0.451. The molecular weight excluding hydrogens is 362 g/mol. The maximum absolute atomic E-state index is 12.8. The van der Waals surface area contributed by atoms with Gasteiger partial charge >= 0.3 is 5.97 Å². The summed E-state index contributed by atoms with van der Waals surface area (Å²) in [5.41, 5.74) is 1.60. The molecule has 0 saturated carbocycles. The SMILES string of the molecule is CCOC(=O)c1csc([C@@H](NC(=O)c2cnc3ccccc3c2)C(C)C)n1. The highest BCUT2D eigenvalue weighted by Crippen LogP contribution is 2.26. The molecule has 1 N–H and O–H groups in total. The molecule has 0 aliphatic heterocycles. The molecule has 0 aliphatic rings. The van der Waals surface area contributed by atoms with Crippen LogP contribution in [0.3, 0.4) is 0 Å². The Morgan fingerprint density at radius 1 is 1.26 bits per heavy atom. The fourth-order valence-electron chi connectivity index (χ4n) is 2.66. The number of para-hydroxylation sites is 1. The van der Waals surface area contributed by atoms with Crippen molar-refractivity contribution in [1.82, 2.24) is 15.3 Å². The number of amides is 1. The summed E-state index contributed by atoms with van der Waals surface area (Å²) in [6.45, 7) is 6.04. The number of benzene rings is 1. The molecule has 0 unspecified atom stereocenters.